The molecule has 0 saturated heterocycles. The Morgan fingerprint density at radius 2 is 1.81 bits per heavy atom. The lowest BCUT2D eigenvalue weighted by molar-refractivity contribution is -0.131. The van der Waals surface area contributed by atoms with E-state index in [9.17, 15) is 19.5 Å². The Bertz CT molecular complexity index is 1020. The van der Waals surface area contributed by atoms with Gasteiger partial charge >= 0.3 is 12.1 Å². The van der Waals surface area contributed by atoms with Crippen LogP contribution >= 0.6 is 31.9 Å². The van der Waals surface area contributed by atoms with Gasteiger partial charge in [0.2, 0.25) is 0 Å². The Hall–Kier alpha value is -2.69. The third kappa shape index (κ3) is 7.18. The van der Waals surface area contributed by atoms with Crippen LogP contribution < -0.4 is 5.32 Å². The number of phenols is 1. The molecule has 2 aromatic rings. The number of carbonyl (C=O) groups is 3. The molecular weight excluding hydrogens is 550 g/mol. The third-order valence-electron chi connectivity index (χ3n) is 4.22. The van der Waals surface area contributed by atoms with E-state index in [-0.39, 0.29) is 23.7 Å². The van der Waals surface area contributed by atoms with Crippen LogP contribution in [0.2, 0.25) is 0 Å². The molecule has 0 saturated carbocycles. The van der Waals surface area contributed by atoms with Crippen LogP contribution in [0.3, 0.4) is 0 Å². The molecule has 0 aliphatic rings. The maximum Gasteiger partial charge on any atom is 0.412 e. The molecular formula is C22H21Br2NO7. The van der Waals surface area contributed by atoms with Gasteiger partial charge in [0.15, 0.2) is 11.9 Å². The Morgan fingerprint density at radius 3 is 2.38 bits per heavy atom. The number of Topliss-reactive ketones (excluding diaryl/α,β-unsaturated/α-hetero) is 1. The fraction of sp³-hybridized carbons (Fsp3) is 0.227. The standard InChI is InChI=1S/C22H21Br2NO7/c1-3-31-18(8-9-19(27)28)21(16-10-14(23)11-17(24)20(16)29)32-22(30)25-15-6-4-13(5-7-15)12(2)26/h4-11,18,21,29H,3H2,1-2H3,(H,25,30)(H,27,28)/b9-8+/t18-,21-/m0/s1. The zero-order valence-electron chi connectivity index (χ0n) is 17.2. The van der Waals surface area contributed by atoms with Gasteiger partial charge in [0, 0.05) is 34.0 Å². The second-order valence-electron chi connectivity index (χ2n) is 6.53. The van der Waals surface area contributed by atoms with Crippen molar-refractivity contribution in [1.29, 1.82) is 0 Å². The number of hydrogen-bond acceptors (Lipinski definition) is 6. The number of rotatable bonds is 9. The predicted molar refractivity (Wildman–Crippen MR) is 125 cm³/mol. The molecule has 0 unspecified atom stereocenters. The highest BCUT2D eigenvalue weighted by atomic mass is 79.9. The van der Waals surface area contributed by atoms with Crippen LogP contribution in [0.25, 0.3) is 0 Å². The van der Waals surface area contributed by atoms with Crippen LogP contribution in [0.15, 0.2) is 57.5 Å². The summed E-state index contributed by atoms with van der Waals surface area (Å²) in [5.74, 6) is -1.51. The highest BCUT2D eigenvalue weighted by Crippen LogP contribution is 2.39. The molecule has 0 fully saturated rings. The number of amides is 1. The summed E-state index contributed by atoms with van der Waals surface area (Å²) in [4.78, 5) is 35.1. The molecule has 32 heavy (non-hydrogen) atoms. The second-order valence-corrected chi connectivity index (χ2v) is 8.30. The summed E-state index contributed by atoms with van der Waals surface area (Å²) in [6.45, 7) is 3.33. The van der Waals surface area contributed by atoms with Crippen LogP contribution in [0.1, 0.15) is 35.9 Å². The SMILES string of the molecule is CCO[C@@H](/C=C/C(=O)O)[C@@H](OC(=O)Nc1ccc(C(C)=O)cc1)c1cc(Br)cc(Br)c1O. The molecule has 8 nitrogen and oxygen atoms in total. The molecule has 0 aromatic heterocycles. The van der Waals surface area contributed by atoms with E-state index in [1.165, 1.54) is 13.0 Å². The Morgan fingerprint density at radius 1 is 1.16 bits per heavy atom. The lowest BCUT2D eigenvalue weighted by Crippen LogP contribution is -2.28. The van der Waals surface area contributed by atoms with E-state index in [4.69, 9.17) is 14.6 Å². The maximum atomic E-state index is 12.6. The average molecular weight is 571 g/mol. The van der Waals surface area contributed by atoms with Gasteiger partial charge in [0.1, 0.15) is 11.9 Å². The number of hydrogen-bond donors (Lipinski definition) is 3. The average Bonchev–Trinajstić information content (AvgIpc) is 2.72. The number of carbonyl (C=O) groups excluding carboxylic acids is 2. The molecule has 3 N–H and O–H groups in total. The molecule has 10 heteroatoms. The number of ether oxygens (including phenoxy) is 2. The third-order valence-corrected chi connectivity index (χ3v) is 5.28. The number of anilines is 1. The molecule has 0 spiro atoms. The number of phenolic OH excluding ortho intramolecular Hbond substituents is 1. The second kappa shape index (κ2) is 11.8. The molecule has 2 atom stereocenters. The van der Waals surface area contributed by atoms with Crippen molar-refractivity contribution in [3.8, 4) is 5.75 Å². The van der Waals surface area contributed by atoms with Crippen LogP contribution in [-0.2, 0) is 14.3 Å². The lowest BCUT2D eigenvalue weighted by Gasteiger charge is -2.26. The van der Waals surface area contributed by atoms with Gasteiger partial charge in [-0.1, -0.05) is 15.9 Å². The highest BCUT2D eigenvalue weighted by Gasteiger charge is 2.30. The predicted octanol–water partition coefficient (Wildman–Crippen LogP) is 5.46. The van der Waals surface area contributed by atoms with Gasteiger partial charge in [-0.3, -0.25) is 10.1 Å². The number of aromatic hydroxyl groups is 1. The van der Waals surface area contributed by atoms with Gasteiger partial charge in [-0.25, -0.2) is 9.59 Å². The number of aliphatic carboxylic acids is 1. The van der Waals surface area contributed by atoms with E-state index in [1.807, 2.05) is 0 Å². The van der Waals surface area contributed by atoms with E-state index in [0.717, 1.165) is 6.08 Å². The topological polar surface area (TPSA) is 122 Å². The van der Waals surface area contributed by atoms with Crippen molar-refractivity contribution in [3.05, 3.63) is 68.6 Å². The van der Waals surface area contributed by atoms with Crippen molar-refractivity contribution < 1.29 is 34.1 Å². The lowest BCUT2D eigenvalue weighted by atomic mass is 10.0. The van der Waals surface area contributed by atoms with Gasteiger partial charge in [-0.15, -0.1) is 0 Å². The molecule has 0 heterocycles. The van der Waals surface area contributed by atoms with E-state index < -0.39 is 24.3 Å². The number of halogens is 2. The van der Waals surface area contributed by atoms with Crippen molar-refractivity contribution >= 4 is 55.4 Å². The molecule has 0 aliphatic heterocycles. The van der Waals surface area contributed by atoms with E-state index in [0.29, 0.717) is 20.2 Å². The summed E-state index contributed by atoms with van der Waals surface area (Å²) in [6, 6.07) is 9.36. The van der Waals surface area contributed by atoms with E-state index in [1.54, 1.807) is 43.3 Å². The zero-order valence-corrected chi connectivity index (χ0v) is 20.3. The van der Waals surface area contributed by atoms with Crippen molar-refractivity contribution in [3.63, 3.8) is 0 Å². The van der Waals surface area contributed by atoms with E-state index in [2.05, 4.69) is 37.2 Å². The Kier molecular flexibility index (Phi) is 9.42. The van der Waals surface area contributed by atoms with Gasteiger partial charge < -0.3 is 19.7 Å². The van der Waals surface area contributed by atoms with Crippen molar-refractivity contribution in [2.45, 2.75) is 26.1 Å². The van der Waals surface area contributed by atoms with Gasteiger partial charge in [0.25, 0.3) is 0 Å². The molecule has 2 rings (SSSR count). The summed E-state index contributed by atoms with van der Waals surface area (Å²) in [5, 5.41) is 22.1. The van der Waals surface area contributed by atoms with Crippen LogP contribution in [0, 0.1) is 0 Å². The number of carboxylic acids is 1. The van der Waals surface area contributed by atoms with Crippen LogP contribution in [0.5, 0.6) is 5.75 Å². The molecule has 170 valence electrons. The first-order valence-corrected chi connectivity index (χ1v) is 11.0. The normalized spacial score (nSPS) is 12.9. The minimum absolute atomic E-state index is 0.111. The summed E-state index contributed by atoms with van der Waals surface area (Å²) >= 11 is 6.56. The van der Waals surface area contributed by atoms with Crippen LogP contribution in [0.4, 0.5) is 10.5 Å². The molecule has 0 bridgehead atoms. The first-order chi connectivity index (χ1) is 15.1. The minimum atomic E-state index is -1.21. The molecule has 0 aliphatic carbocycles. The summed E-state index contributed by atoms with van der Waals surface area (Å²) < 4.78 is 12.1. The first-order valence-electron chi connectivity index (χ1n) is 9.41. The molecule has 1 amide bonds. The summed E-state index contributed by atoms with van der Waals surface area (Å²) in [5.41, 5.74) is 1.06. The number of carboxylic acid groups (broad SMARTS) is 1. The van der Waals surface area contributed by atoms with Crippen molar-refractivity contribution in [2.75, 3.05) is 11.9 Å². The van der Waals surface area contributed by atoms with Gasteiger partial charge in [0.05, 0.1) is 4.47 Å². The van der Waals surface area contributed by atoms with Gasteiger partial charge in [-0.05, 0) is 72.3 Å². The first kappa shape index (κ1) is 25.6. The van der Waals surface area contributed by atoms with Crippen molar-refractivity contribution in [2.24, 2.45) is 0 Å². The maximum absolute atomic E-state index is 12.6. The Balaban J connectivity index is 2.38. The largest absolute Gasteiger partial charge is 0.506 e. The quantitative estimate of drug-likeness (QED) is 0.270. The summed E-state index contributed by atoms with van der Waals surface area (Å²) in [7, 11) is 0. The highest BCUT2D eigenvalue weighted by molar-refractivity contribution is 9.11. The smallest absolute Gasteiger partial charge is 0.412 e. The zero-order chi connectivity index (χ0) is 23.8. The number of nitrogens with one attached hydrogen (secondary N) is 1. The number of ketones is 1. The van der Waals surface area contributed by atoms with Crippen LogP contribution in [-0.4, -0.2) is 40.8 Å². The van der Waals surface area contributed by atoms with E-state index >= 15 is 0 Å². The summed E-state index contributed by atoms with van der Waals surface area (Å²) in [6.07, 6.45) is -0.946. The van der Waals surface area contributed by atoms with Gasteiger partial charge in [-0.2, -0.15) is 0 Å². The number of benzene rings is 2. The monoisotopic (exact) mass is 569 g/mol. The molecule has 2 aromatic carbocycles. The van der Waals surface area contributed by atoms with Crippen molar-refractivity contribution in [1.82, 2.24) is 0 Å². The molecule has 0 radical (unpaired) electrons. The fourth-order valence-electron chi connectivity index (χ4n) is 2.77. The Labute approximate surface area is 201 Å². The fourth-order valence-corrected chi connectivity index (χ4v) is 4.03. The minimum Gasteiger partial charge on any atom is -0.506 e.